The van der Waals surface area contributed by atoms with Gasteiger partial charge in [0, 0.05) is 39.3 Å². The summed E-state index contributed by atoms with van der Waals surface area (Å²) < 4.78 is 6.93. The van der Waals surface area contributed by atoms with Crippen molar-refractivity contribution in [3.8, 4) is 0 Å². The number of ether oxygens (including phenoxy) is 1. The number of hydrogen-bond acceptors (Lipinski definition) is 5. The summed E-state index contributed by atoms with van der Waals surface area (Å²) in [6.45, 7) is 13.7. The summed E-state index contributed by atoms with van der Waals surface area (Å²) in [5.74, 6) is -1.94. The fraction of sp³-hybridized carbons (Fsp3) is 0.606. The summed E-state index contributed by atoms with van der Waals surface area (Å²) in [7, 11) is 0. The van der Waals surface area contributed by atoms with Gasteiger partial charge in [-0.3, -0.25) is 14.4 Å². The van der Waals surface area contributed by atoms with E-state index in [-0.39, 0.29) is 30.9 Å². The molecule has 3 aliphatic heterocycles. The van der Waals surface area contributed by atoms with Crippen LogP contribution in [0.5, 0.6) is 0 Å². The number of aliphatic hydroxyl groups excluding tert-OH is 1. The van der Waals surface area contributed by atoms with Crippen molar-refractivity contribution in [2.75, 3.05) is 32.8 Å². The lowest BCUT2D eigenvalue weighted by atomic mass is 9.64. The summed E-state index contributed by atoms with van der Waals surface area (Å²) in [4.78, 5) is 48.3. The molecule has 5 atom stereocenters. The molecule has 1 N–H and O–H groups in total. The Hall–Kier alpha value is -2.97. The molecule has 1 aromatic carbocycles. The Balaban J connectivity index is 1.74. The Kier molecular flexibility index (Phi) is 10.1. The van der Waals surface area contributed by atoms with Gasteiger partial charge in [0.05, 0.1) is 17.4 Å². The van der Waals surface area contributed by atoms with E-state index < -0.39 is 29.1 Å². The molecular formula is C33H47N3O5. The molecule has 3 amide bonds. The molecule has 3 aliphatic rings. The Labute approximate surface area is 245 Å². The molecule has 3 fully saturated rings. The lowest BCUT2D eigenvalue weighted by molar-refractivity contribution is -0.155. The van der Waals surface area contributed by atoms with E-state index in [9.17, 15) is 19.5 Å². The molecule has 0 radical (unpaired) electrons. The smallest absolute Gasteiger partial charge is 0.248 e. The van der Waals surface area contributed by atoms with E-state index >= 15 is 0 Å². The Morgan fingerprint density at radius 2 is 1.76 bits per heavy atom. The molecule has 224 valence electrons. The van der Waals surface area contributed by atoms with Crippen molar-refractivity contribution in [3.05, 3.63) is 61.2 Å². The molecule has 1 spiro atoms. The normalized spacial score (nSPS) is 28.0. The number of carbonyl (C=O) groups excluding carboxylic acids is 3. The number of benzene rings is 1. The van der Waals surface area contributed by atoms with Crippen molar-refractivity contribution in [1.82, 2.24) is 14.7 Å². The molecule has 4 rings (SSSR count). The molecule has 2 bridgehead atoms. The van der Waals surface area contributed by atoms with Crippen LogP contribution in [0.3, 0.4) is 0 Å². The zero-order valence-corrected chi connectivity index (χ0v) is 24.8. The minimum atomic E-state index is -1.07. The average molecular weight is 566 g/mol. The van der Waals surface area contributed by atoms with Crippen LogP contribution >= 0.6 is 0 Å². The van der Waals surface area contributed by atoms with Crippen LogP contribution < -0.4 is 0 Å². The highest BCUT2D eigenvalue weighted by Crippen LogP contribution is 2.64. The van der Waals surface area contributed by atoms with Crippen LogP contribution in [-0.2, 0) is 25.7 Å². The first-order valence-corrected chi connectivity index (χ1v) is 15.3. The molecule has 8 heteroatoms. The van der Waals surface area contributed by atoms with Gasteiger partial charge < -0.3 is 24.5 Å². The predicted octanol–water partition coefficient (Wildman–Crippen LogP) is 3.94. The predicted molar refractivity (Wildman–Crippen MR) is 159 cm³/mol. The molecule has 8 nitrogen and oxygen atoms in total. The lowest BCUT2D eigenvalue weighted by Gasteiger charge is -2.37. The van der Waals surface area contributed by atoms with Gasteiger partial charge in [0.1, 0.15) is 11.6 Å². The highest BCUT2D eigenvalue weighted by molar-refractivity contribution is 5.99. The van der Waals surface area contributed by atoms with Crippen LogP contribution in [0.1, 0.15) is 64.4 Å². The van der Waals surface area contributed by atoms with Gasteiger partial charge in [0.2, 0.25) is 17.7 Å². The van der Waals surface area contributed by atoms with Crippen LogP contribution in [0.25, 0.3) is 0 Å². The quantitative estimate of drug-likeness (QED) is 0.242. The van der Waals surface area contributed by atoms with E-state index in [2.05, 4.69) is 20.1 Å². The number of fused-ring (bicyclic) bond motifs is 1. The number of hydrogen-bond donors (Lipinski definition) is 1. The van der Waals surface area contributed by atoms with Crippen molar-refractivity contribution in [2.45, 2.75) is 82.6 Å². The number of amides is 3. The number of likely N-dealkylation sites (tertiary alicyclic amines) is 1. The Bertz CT molecular complexity index is 1110. The molecule has 2 unspecified atom stereocenters. The highest BCUT2D eigenvalue weighted by atomic mass is 16.5. The van der Waals surface area contributed by atoms with E-state index in [1.165, 1.54) is 0 Å². The fourth-order valence-corrected chi connectivity index (χ4v) is 7.42. The van der Waals surface area contributed by atoms with Gasteiger partial charge in [-0.2, -0.15) is 0 Å². The van der Waals surface area contributed by atoms with Crippen LogP contribution in [-0.4, -0.2) is 87.6 Å². The third-order valence-electron chi connectivity index (χ3n) is 9.31. The minimum absolute atomic E-state index is 0.0957. The maximum absolute atomic E-state index is 14.5. The van der Waals surface area contributed by atoms with Gasteiger partial charge >= 0.3 is 0 Å². The maximum Gasteiger partial charge on any atom is 0.248 e. The number of carbonyl (C=O) groups is 3. The SMILES string of the molecule is C=CCN(CCCCC)C(=O)C1N(CCCO)C(=O)[C@@H]2[C@H](C(=O)N(CC=C)Cc3ccccc3)[C@]3(CC)CCC12O3. The molecule has 41 heavy (non-hydrogen) atoms. The summed E-state index contributed by atoms with van der Waals surface area (Å²) in [6.07, 6.45) is 8.41. The second-order valence-electron chi connectivity index (χ2n) is 11.7. The average Bonchev–Trinajstić information content (AvgIpc) is 3.58. The standard InChI is InChI=1S/C33H47N3O5/c1-5-9-13-21-34(19-6-2)31(40)28-33-18-17-32(8-4,41-33)26(27(33)30(39)36(28)22-14-23-37)29(38)35(20-7-3)24-25-15-11-10-12-16-25/h6-7,10-12,15-16,26-28,37H,2-3,5,8-9,13-14,17-24H2,1,4H3/t26-,27+,28?,32+,33?/m1/s1. The van der Waals surface area contributed by atoms with Gasteiger partial charge in [-0.15, -0.1) is 13.2 Å². The van der Waals surface area contributed by atoms with Crippen LogP contribution in [0.2, 0.25) is 0 Å². The molecule has 1 aromatic rings. The third-order valence-corrected chi connectivity index (χ3v) is 9.31. The Morgan fingerprint density at radius 3 is 2.39 bits per heavy atom. The minimum Gasteiger partial charge on any atom is -0.396 e. The largest absolute Gasteiger partial charge is 0.396 e. The van der Waals surface area contributed by atoms with Gasteiger partial charge in [-0.1, -0.05) is 69.2 Å². The molecule has 0 aliphatic carbocycles. The van der Waals surface area contributed by atoms with Gasteiger partial charge in [-0.25, -0.2) is 0 Å². The zero-order valence-electron chi connectivity index (χ0n) is 24.8. The highest BCUT2D eigenvalue weighted by Gasteiger charge is 2.79. The summed E-state index contributed by atoms with van der Waals surface area (Å²) in [6, 6.07) is 8.96. The van der Waals surface area contributed by atoms with E-state index in [1.54, 1.807) is 26.9 Å². The summed E-state index contributed by atoms with van der Waals surface area (Å²) in [5, 5.41) is 9.65. The number of rotatable bonds is 16. The van der Waals surface area contributed by atoms with Crippen molar-refractivity contribution in [1.29, 1.82) is 0 Å². The van der Waals surface area contributed by atoms with Crippen molar-refractivity contribution in [3.63, 3.8) is 0 Å². The summed E-state index contributed by atoms with van der Waals surface area (Å²) in [5.41, 5.74) is -0.883. The van der Waals surface area contributed by atoms with Crippen LogP contribution in [0.4, 0.5) is 0 Å². The van der Waals surface area contributed by atoms with E-state index in [0.717, 1.165) is 24.8 Å². The molecule has 3 saturated heterocycles. The van der Waals surface area contributed by atoms with Crippen molar-refractivity contribution in [2.24, 2.45) is 11.8 Å². The first-order chi connectivity index (χ1) is 19.8. The monoisotopic (exact) mass is 565 g/mol. The van der Waals surface area contributed by atoms with Crippen molar-refractivity contribution >= 4 is 17.7 Å². The number of nitrogens with zero attached hydrogens (tertiary/aromatic N) is 3. The third kappa shape index (κ3) is 5.61. The summed E-state index contributed by atoms with van der Waals surface area (Å²) >= 11 is 0. The maximum atomic E-state index is 14.5. The van der Waals surface area contributed by atoms with Gasteiger partial charge in [0.25, 0.3) is 0 Å². The van der Waals surface area contributed by atoms with E-state index in [4.69, 9.17) is 4.74 Å². The lowest BCUT2D eigenvalue weighted by Crippen LogP contribution is -2.56. The zero-order chi connectivity index (χ0) is 29.6. The first kappa shape index (κ1) is 31.0. The molecule has 0 aromatic heterocycles. The Morgan fingerprint density at radius 1 is 1.05 bits per heavy atom. The number of unbranched alkanes of at least 4 members (excludes halogenated alkanes) is 2. The second-order valence-corrected chi connectivity index (χ2v) is 11.7. The van der Waals surface area contributed by atoms with E-state index in [1.807, 2.05) is 37.3 Å². The van der Waals surface area contributed by atoms with Gasteiger partial charge in [-0.05, 0) is 37.7 Å². The van der Waals surface area contributed by atoms with Crippen LogP contribution in [0.15, 0.2) is 55.6 Å². The molecular weight excluding hydrogens is 518 g/mol. The van der Waals surface area contributed by atoms with Gasteiger partial charge in [0.15, 0.2) is 0 Å². The second kappa shape index (κ2) is 13.3. The van der Waals surface area contributed by atoms with Crippen LogP contribution in [0, 0.1) is 11.8 Å². The number of aliphatic hydroxyl groups is 1. The fourth-order valence-electron chi connectivity index (χ4n) is 7.42. The van der Waals surface area contributed by atoms with Crippen molar-refractivity contribution < 1.29 is 24.2 Å². The first-order valence-electron chi connectivity index (χ1n) is 15.3. The molecule has 0 saturated carbocycles. The molecule has 3 heterocycles. The topological polar surface area (TPSA) is 90.4 Å². The van der Waals surface area contributed by atoms with E-state index in [0.29, 0.717) is 51.9 Å².